The third-order valence-electron chi connectivity index (χ3n) is 3.30. The monoisotopic (exact) mass is 374 g/mol. The summed E-state index contributed by atoms with van der Waals surface area (Å²) in [5.74, 6) is 0.189. The number of nitrogens with zero attached hydrogens (tertiary/aromatic N) is 1. The smallest absolute Gasteiger partial charge is 0.255 e. The Hall–Kier alpha value is -3.09. The predicted octanol–water partition coefficient (Wildman–Crippen LogP) is 0.536. The maximum Gasteiger partial charge on any atom is 0.255 e. The SMILES string of the molecule is CCOc1cccc(/C=C/C2=C(C#N)C(O)NC(=S)N2)c1OCC(N)=O. The van der Waals surface area contributed by atoms with E-state index < -0.39 is 12.1 Å². The number of allylic oxidation sites excluding steroid dienone is 1. The first-order valence-electron chi connectivity index (χ1n) is 7.71. The van der Waals surface area contributed by atoms with Gasteiger partial charge in [0.25, 0.3) is 5.91 Å². The van der Waals surface area contributed by atoms with Gasteiger partial charge in [0.05, 0.1) is 12.3 Å². The van der Waals surface area contributed by atoms with Crippen LogP contribution >= 0.6 is 12.2 Å². The standard InChI is InChI=1S/C17H18N4O4S/c1-2-24-13-5-3-4-10(15(13)25-9-14(19)22)6-7-12-11(8-18)16(23)21-17(26)20-12/h3-7,16,23H,2,9H2,1H3,(H2,19,22)(H2,20,21,26)/b7-6+. The van der Waals surface area contributed by atoms with Gasteiger partial charge < -0.3 is 30.9 Å². The van der Waals surface area contributed by atoms with Crippen molar-refractivity contribution >= 4 is 29.3 Å². The Bertz CT molecular complexity index is 813. The lowest BCUT2D eigenvalue weighted by Crippen LogP contribution is -2.47. The molecule has 0 aliphatic carbocycles. The zero-order valence-electron chi connectivity index (χ0n) is 14.0. The summed E-state index contributed by atoms with van der Waals surface area (Å²) in [7, 11) is 0. The van der Waals surface area contributed by atoms with Crippen molar-refractivity contribution in [2.75, 3.05) is 13.2 Å². The Balaban J connectivity index is 2.39. The normalized spacial score (nSPS) is 16.7. The fourth-order valence-corrected chi connectivity index (χ4v) is 2.45. The van der Waals surface area contributed by atoms with Gasteiger partial charge in [0.2, 0.25) is 0 Å². The Morgan fingerprint density at radius 2 is 2.23 bits per heavy atom. The lowest BCUT2D eigenvalue weighted by atomic mass is 10.1. The molecule has 8 nitrogen and oxygen atoms in total. The highest BCUT2D eigenvalue weighted by Crippen LogP contribution is 2.32. The number of carbonyl (C=O) groups excluding carboxylic acids is 1. The molecule has 26 heavy (non-hydrogen) atoms. The number of benzene rings is 1. The van der Waals surface area contributed by atoms with E-state index in [2.05, 4.69) is 10.6 Å². The quantitative estimate of drug-likeness (QED) is 0.509. The van der Waals surface area contributed by atoms with Crippen molar-refractivity contribution in [3.8, 4) is 17.6 Å². The van der Waals surface area contributed by atoms with E-state index in [0.29, 0.717) is 29.4 Å². The first-order valence-corrected chi connectivity index (χ1v) is 8.12. The van der Waals surface area contributed by atoms with Gasteiger partial charge in [-0.1, -0.05) is 12.1 Å². The molecule has 1 aromatic carbocycles. The number of amides is 1. The highest BCUT2D eigenvalue weighted by molar-refractivity contribution is 7.80. The number of aliphatic hydroxyl groups is 1. The molecule has 0 bridgehead atoms. The Labute approximate surface area is 155 Å². The highest BCUT2D eigenvalue weighted by atomic mass is 32.1. The summed E-state index contributed by atoms with van der Waals surface area (Å²) in [4.78, 5) is 11.0. The molecule has 1 atom stereocenters. The molecule has 0 fully saturated rings. The number of aliphatic hydroxyl groups excluding tert-OH is 1. The van der Waals surface area contributed by atoms with Crippen molar-refractivity contribution in [2.45, 2.75) is 13.2 Å². The van der Waals surface area contributed by atoms with Gasteiger partial charge in [-0.3, -0.25) is 4.79 Å². The minimum atomic E-state index is -1.19. The van der Waals surface area contributed by atoms with Crippen LogP contribution in [0.4, 0.5) is 0 Å². The van der Waals surface area contributed by atoms with E-state index in [1.165, 1.54) is 0 Å². The lowest BCUT2D eigenvalue weighted by Gasteiger charge is -2.23. The molecule has 0 spiro atoms. The van der Waals surface area contributed by atoms with Crippen molar-refractivity contribution in [1.82, 2.24) is 10.6 Å². The van der Waals surface area contributed by atoms with Crippen LogP contribution < -0.4 is 25.8 Å². The van der Waals surface area contributed by atoms with Gasteiger partial charge in [-0.2, -0.15) is 5.26 Å². The summed E-state index contributed by atoms with van der Waals surface area (Å²) in [5, 5.41) is 24.6. The Kier molecular flexibility index (Phi) is 6.54. The van der Waals surface area contributed by atoms with Crippen LogP contribution in [0, 0.1) is 11.3 Å². The van der Waals surface area contributed by atoms with Gasteiger partial charge in [0.15, 0.2) is 29.4 Å². The topological polar surface area (TPSA) is 130 Å². The minimum absolute atomic E-state index is 0.0930. The molecule has 9 heteroatoms. The van der Waals surface area contributed by atoms with E-state index in [0.717, 1.165) is 0 Å². The number of hydrogen-bond acceptors (Lipinski definition) is 6. The number of rotatable bonds is 7. The van der Waals surface area contributed by atoms with Gasteiger partial charge in [-0.15, -0.1) is 0 Å². The summed E-state index contributed by atoms with van der Waals surface area (Å²) in [6.45, 7) is 1.94. The summed E-state index contributed by atoms with van der Waals surface area (Å²) in [5.41, 5.74) is 6.19. The second kappa shape index (κ2) is 8.84. The van der Waals surface area contributed by atoms with E-state index in [4.69, 9.17) is 27.4 Å². The fraction of sp³-hybridized carbons (Fsp3) is 0.235. The van der Waals surface area contributed by atoms with Crippen LogP contribution in [0.3, 0.4) is 0 Å². The van der Waals surface area contributed by atoms with Crippen molar-refractivity contribution in [3.05, 3.63) is 41.1 Å². The van der Waals surface area contributed by atoms with E-state index in [9.17, 15) is 15.2 Å². The fourth-order valence-electron chi connectivity index (χ4n) is 2.23. The van der Waals surface area contributed by atoms with Gasteiger partial charge in [-0.05, 0) is 37.4 Å². The second-order valence-electron chi connectivity index (χ2n) is 5.14. The van der Waals surface area contributed by atoms with Crippen LogP contribution in [-0.2, 0) is 4.79 Å². The lowest BCUT2D eigenvalue weighted by molar-refractivity contribution is -0.119. The number of nitrogens with two attached hydrogens (primary N) is 1. The summed E-state index contributed by atoms with van der Waals surface area (Å²) >= 11 is 4.99. The van der Waals surface area contributed by atoms with Crippen molar-refractivity contribution < 1.29 is 19.4 Å². The number of nitrogens with one attached hydrogen (secondary N) is 2. The molecule has 0 saturated carbocycles. The molecule has 1 aromatic rings. The zero-order chi connectivity index (χ0) is 19.1. The molecule has 2 rings (SSSR count). The number of primary amides is 1. The first-order chi connectivity index (χ1) is 12.5. The number of hydrogen-bond donors (Lipinski definition) is 4. The Morgan fingerprint density at radius 3 is 2.88 bits per heavy atom. The molecule has 5 N–H and O–H groups in total. The summed E-state index contributed by atoms with van der Waals surface area (Å²) < 4.78 is 11.0. The number of para-hydroxylation sites is 1. The maximum atomic E-state index is 11.0. The van der Waals surface area contributed by atoms with Gasteiger partial charge in [0, 0.05) is 5.56 Å². The summed E-state index contributed by atoms with van der Waals surface area (Å²) in [6, 6.07) is 7.14. The largest absolute Gasteiger partial charge is 0.490 e. The maximum absolute atomic E-state index is 11.0. The second-order valence-corrected chi connectivity index (χ2v) is 5.54. The van der Waals surface area contributed by atoms with Gasteiger partial charge in [-0.25, -0.2) is 0 Å². The van der Waals surface area contributed by atoms with E-state index in [1.54, 1.807) is 30.4 Å². The van der Waals surface area contributed by atoms with Crippen molar-refractivity contribution in [3.63, 3.8) is 0 Å². The van der Waals surface area contributed by atoms with Crippen molar-refractivity contribution in [2.24, 2.45) is 5.73 Å². The number of carbonyl (C=O) groups is 1. The molecule has 0 radical (unpaired) electrons. The molecule has 1 aliphatic rings. The number of thiocarbonyl (C=S) groups is 1. The highest BCUT2D eigenvalue weighted by Gasteiger charge is 2.21. The number of ether oxygens (including phenoxy) is 2. The third-order valence-corrected chi connectivity index (χ3v) is 3.52. The van der Waals surface area contributed by atoms with Crippen LogP contribution in [0.25, 0.3) is 6.08 Å². The molecular formula is C17H18N4O4S. The number of nitriles is 1. The van der Waals surface area contributed by atoms with Gasteiger partial charge in [0.1, 0.15) is 11.6 Å². The molecule has 136 valence electrons. The average molecular weight is 374 g/mol. The van der Waals surface area contributed by atoms with E-state index in [-0.39, 0.29) is 17.3 Å². The molecule has 1 unspecified atom stereocenters. The van der Waals surface area contributed by atoms with Gasteiger partial charge >= 0.3 is 0 Å². The third kappa shape index (κ3) is 4.72. The van der Waals surface area contributed by atoms with Crippen LogP contribution in [0.5, 0.6) is 11.5 Å². The van der Waals surface area contributed by atoms with Crippen molar-refractivity contribution in [1.29, 1.82) is 5.26 Å². The van der Waals surface area contributed by atoms with E-state index in [1.807, 2.05) is 13.0 Å². The molecule has 0 saturated heterocycles. The van der Waals surface area contributed by atoms with Crippen LogP contribution in [0.15, 0.2) is 35.5 Å². The molecule has 1 heterocycles. The van der Waals surface area contributed by atoms with E-state index >= 15 is 0 Å². The van der Waals surface area contributed by atoms with Crippen LogP contribution in [-0.4, -0.2) is 35.6 Å². The predicted molar refractivity (Wildman–Crippen MR) is 98.8 cm³/mol. The molecule has 1 aliphatic heterocycles. The zero-order valence-corrected chi connectivity index (χ0v) is 14.8. The molecular weight excluding hydrogens is 356 g/mol. The van der Waals surface area contributed by atoms with Crippen LogP contribution in [0.1, 0.15) is 12.5 Å². The molecule has 1 amide bonds. The Morgan fingerprint density at radius 1 is 1.46 bits per heavy atom. The summed E-state index contributed by atoms with van der Waals surface area (Å²) in [6.07, 6.45) is 2.05. The first kappa shape index (κ1) is 19.2. The molecule has 0 aromatic heterocycles. The minimum Gasteiger partial charge on any atom is -0.490 e. The van der Waals surface area contributed by atoms with Crippen LogP contribution in [0.2, 0.25) is 0 Å². The average Bonchev–Trinajstić information content (AvgIpc) is 2.58.